The van der Waals surface area contributed by atoms with Gasteiger partial charge in [0.25, 0.3) is 0 Å². The maximum Gasteiger partial charge on any atom is 0.214 e. The van der Waals surface area contributed by atoms with Gasteiger partial charge < -0.3 is 5.43 Å². The van der Waals surface area contributed by atoms with Crippen LogP contribution >= 0.6 is 11.8 Å². The molecule has 0 unspecified atom stereocenters. The second kappa shape index (κ2) is 4.54. The molecular formula is C10H13N7S. The van der Waals surface area contributed by atoms with Gasteiger partial charge in [-0.05, 0) is 31.5 Å². The van der Waals surface area contributed by atoms with Gasteiger partial charge in [0.2, 0.25) is 5.16 Å². The van der Waals surface area contributed by atoms with Gasteiger partial charge in [0.1, 0.15) is 22.5 Å². The fourth-order valence-corrected chi connectivity index (χ4v) is 2.33. The molecule has 0 amide bonds. The van der Waals surface area contributed by atoms with E-state index in [2.05, 4.69) is 30.6 Å². The minimum atomic E-state index is 0.478. The molecule has 8 heteroatoms. The second-order valence-electron chi connectivity index (χ2n) is 4.17. The number of nitrogens with one attached hydrogen (secondary N) is 2. The van der Waals surface area contributed by atoms with Crippen molar-refractivity contribution in [3.63, 3.8) is 0 Å². The first-order chi connectivity index (χ1) is 8.74. The average molecular weight is 263 g/mol. The number of hydrogen-bond donors (Lipinski definition) is 3. The Morgan fingerprint density at radius 2 is 2.22 bits per heavy atom. The number of aromatic nitrogens is 5. The number of hydrazine groups is 1. The highest BCUT2D eigenvalue weighted by Crippen LogP contribution is 2.39. The number of rotatable bonds is 4. The van der Waals surface area contributed by atoms with Gasteiger partial charge >= 0.3 is 0 Å². The van der Waals surface area contributed by atoms with Crippen molar-refractivity contribution in [2.24, 2.45) is 5.84 Å². The highest BCUT2D eigenvalue weighted by molar-refractivity contribution is 7.99. The largest absolute Gasteiger partial charge is 0.308 e. The third-order valence-corrected chi connectivity index (χ3v) is 3.37. The molecule has 94 valence electrons. The van der Waals surface area contributed by atoms with Crippen molar-refractivity contribution in [1.82, 2.24) is 25.1 Å². The van der Waals surface area contributed by atoms with Crippen LogP contribution in [0.5, 0.6) is 0 Å². The Kier molecular flexibility index (Phi) is 2.88. The first-order valence-corrected chi connectivity index (χ1v) is 6.48. The van der Waals surface area contributed by atoms with E-state index in [9.17, 15) is 0 Å². The smallest absolute Gasteiger partial charge is 0.214 e. The number of aromatic amines is 1. The number of anilines is 1. The van der Waals surface area contributed by atoms with Crippen molar-refractivity contribution in [3.8, 4) is 0 Å². The molecule has 2 aromatic rings. The van der Waals surface area contributed by atoms with Crippen LogP contribution < -0.4 is 11.3 Å². The van der Waals surface area contributed by atoms with E-state index in [1.807, 2.05) is 6.92 Å². The van der Waals surface area contributed by atoms with E-state index in [-0.39, 0.29) is 0 Å². The van der Waals surface area contributed by atoms with Gasteiger partial charge in [-0.15, -0.1) is 5.10 Å². The maximum absolute atomic E-state index is 5.42. The van der Waals surface area contributed by atoms with Gasteiger partial charge in [-0.3, -0.25) is 5.10 Å². The van der Waals surface area contributed by atoms with Crippen LogP contribution in [0.25, 0.3) is 0 Å². The SMILES string of the molecule is Cc1nc(Sc2cc(NN)nc(C3CC3)n2)n[nH]1. The van der Waals surface area contributed by atoms with E-state index >= 15 is 0 Å². The Hall–Kier alpha value is -1.67. The van der Waals surface area contributed by atoms with E-state index in [0.717, 1.165) is 29.5 Å². The monoisotopic (exact) mass is 263 g/mol. The van der Waals surface area contributed by atoms with Gasteiger partial charge in [-0.2, -0.15) is 0 Å². The Bertz CT molecular complexity index is 563. The van der Waals surface area contributed by atoms with Crippen molar-refractivity contribution >= 4 is 17.6 Å². The van der Waals surface area contributed by atoms with E-state index in [0.29, 0.717) is 16.9 Å². The summed E-state index contributed by atoms with van der Waals surface area (Å²) in [6.45, 7) is 1.86. The molecule has 0 spiro atoms. The minimum Gasteiger partial charge on any atom is -0.308 e. The molecule has 0 aromatic carbocycles. The molecule has 0 aliphatic heterocycles. The zero-order chi connectivity index (χ0) is 12.5. The molecule has 0 radical (unpaired) electrons. The minimum absolute atomic E-state index is 0.478. The number of hydrogen-bond acceptors (Lipinski definition) is 7. The molecule has 1 aliphatic carbocycles. The molecule has 18 heavy (non-hydrogen) atoms. The summed E-state index contributed by atoms with van der Waals surface area (Å²) in [6.07, 6.45) is 2.30. The summed E-state index contributed by atoms with van der Waals surface area (Å²) in [7, 11) is 0. The Morgan fingerprint density at radius 1 is 1.39 bits per heavy atom. The molecule has 3 rings (SSSR count). The summed E-state index contributed by atoms with van der Waals surface area (Å²) >= 11 is 1.40. The van der Waals surface area contributed by atoms with E-state index in [4.69, 9.17) is 5.84 Å². The average Bonchev–Trinajstić information content (AvgIpc) is 3.14. The third kappa shape index (κ3) is 2.44. The summed E-state index contributed by atoms with van der Waals surface area (Å²) in [4.78, 5) is 13.1. The van der Waals surface area contributed by atoms with Gasteiger partial charge in [0.15, 0.2) is 0 Å². The Balaban J connectivity index is 1.88. The van der Waals surface area contributed by atoms with Gasteiger partial charge in [-0.25, -0.2) is 20.8 Å². The Labute approximate surface area is 108 Å². The van der Waals surface area contributed by atoms with Crippen LogP contribution in [0.15, 0.2) is 16.2 Å². The van der Waals surface area contributed by atoms with Gasteiger partial charge in [-0.1, -0.05) is 0 Å². The van der Waals surface area contributed by atoms with Crippen LogP contribution in [0.3, 0.4) is 0 Å². The van der Waals surface area contributed by atoms with Crippen LogP contribution in [0.4, 0.5) is 5.82 Å². The molecule has 4 N–H and O–H groups in total. The number of nitrogens with two attached hydrogens (primary N) is 1. The van der Waals surface area contributed by atoms with Crippen molar-refractivity contribution in [3.05, 3.63) is 17.7 Å². The molecule has 1 saturated carbocycles. The van der Waals surface area contributed by atoms with Crippen LogP contribution in [0, 0.1) is 6.92 Å². The zero-order valence-corrected chi connectivity index (χ0v) is 10.7. The Morgan fingerprint density at radius 3 is 2.83 bits per heavy atom. The molecular weight excluding hydrogens is 250 g/mol. The first-order valence-electron chi connectivity index (χ1n) is 5.67. The van der Waals surface area contributed by atoms with Gasteiger partial charge in [0, 0.05) is 12.0 Å². The lowest BCUT2D eigenvalue weighted by molar-refractivity contribution is 0.873. The highest BCUT2D eigenvalue weighted by atomic mass is 32.2. The summed E-state index contributed by atoms with van der Waals surface area (Å²) in [5.74, 6) is 8.15. The number of aryl methyl sites for hydroxylation is 1. The van der Waals surface area contributed by atoms with Crippen LogP contribution in [-0.2, 0) is 0 Å². The maximum atomic E-state index is 5.42. The van der Waals surface area contributed by atoms with Gasteiger partial charge in [0.05, 0.1) is 0 Å². The van der Waals surface area contributed by atoms with Crippen molar-refractivity contribution in [1.29, 1.82) is 0 Å². The molecule has 2 aromatic heterocycles. The fourth-order valence-electron chi connectivity index (χ4n) is 1.55. The summed E-state index contributed by atoms with van der Waals surface area (Å²) < 4.78 is 0. The molecule has 0 saturated heterocycles. The van der Waals surface area contributed by atoms with Crippen molar-refractivity contribution in [2.45, 2.75) is 35.9 Å². The number of nitrogen functional groups attached to an aromatic ring is 1. The number of H-pyrrole nitrogens is 1. The summed E-state index contributed by atoms with van der Waals surface area (Å²) in [5.41, 5.74) is 2.57. The van der Waals surface area contributed by atoms with E-state index in [1.54, 1.807) is 6.07 Å². The predicted molar refractivity (Wildman–Crippen MR) is 67.1 cm³/mol. The molecule has 2 heterocycles. The summed E-state index contributed by atoms with van der Waals surface area (Å²) in [6, 6.07) is 1.79. The molecule has 0 atom stereocenters. The number of nitrogens with zero attached hydrogens (tertiary/aromatic N) is 4. The highest BCUT2D eigenvalue weighted by Gasteiger charge is 2.27. The van der Waals surface area contributed by atoms with Crippen molar-refractivity contribution < 1.29 is 0 Å². The third-order valence-electron chi connectivity index (χ3n) is 2.58. The lowest BCUT2D eigenvalue weighted by Crippen LogP contribution is -2.10. The first kappa shape index (κ1) is 11.4. The summed E-state index contributed by atoms with van der Waals surface area (Å²) in [5, 5.41) is 8.33. The predicted octanol–water partition coefficient (Wildman–Crippen LogP) is 1.22. The zero-order valence-electron chi connectivity index (χ0n) is 9.84. The van der Waals surface area contributed by atoms with Crippen LogP contribution in [0.1, 0.15) is 30.4 Å². The topological polar surface area (TPSA) is 105 Å². The molecule has 1 aliphatic rings. The standard InChI is InChI=1S/C10H13N7S/c1-5-12-10(17-16-5)18-8-4-7(15-11)13-9(14-8)6-2-3-6/h4,6H,2-3,11H2,1H3,(H,12,16,17)(H,13,14,15). The molecule has 1 fully saturated rings. The van der Waals surface area contributed by atoms with Crippen molar-refractivity contribution in [2.75, 3.05) is 5.43 Å². The molecule has 0 bridgehead atoms. The van der Waals surface area contributed by atoms with E-state index in [1.165, 1.54) is 11.8 Å². The lowest BCUT2D eigenvalue weighted by atomic mass is 10.4. The molecule has 7 nitrogen and oxygen atoms in total. The normalized spacial score (nSPS) is 14.8. The van der Waals surface area contributed by atoms with E-state index < -0.39 is 0 Å². The second-order valence-corrected chi connectivity index (χ2v) is 5.16. The lowest BCUT2D eigenvalue weighted by Gasteiger charge is -2.05. The van der Waals surface area contributed by atoms with Crippen LogP contribution in [-0.4, -0.2) is 25.1 Å². The van der Waals surface area contributed by atoms with Crippen LogP contribution in [0.2, 0.25) is 0 Å². The fraction of sp³-hybridized carbons (Fsp3) is 0.400. The quantitative estimate of drug-likeness (QED) is 0.432.